The molecular weight excluding hydrogens is 425 g/mol. The molecule has 156 valence electrons. The highest BCUT2D eigenvalue weighted by atomic mass is 32.1. The molecule has 0 atom stereocenters. The first kappa shape index (κ1) is 20.6. The van der Waals surface area contributed by atoms with Crippen molar-refractivity contribution in [3.05, 3.63) is 101 Å². The smallest absolute Gasteiger partial charge is 0.275 e. The Hall–Kier alpha value is -3.65. The lowest BCUT2D eigenvalue weighted by atomic mass is 10.2. The summed E-state index contributed by atoms with van der Waals surface area (Å²) < 4.78 is 45.6. The van der Waals surface area contributed by atoms with E-state index in [1.807, 2.05) is 0 Å². The number of thiazole rings is 1. The molecule has 0 aliphatic carbocycles. The number of hydrogen-bond donors (Lipinski definition) is 1. The van der Waals surface area contributed by atoms with Crippen LogP contribution < -0.4 is 10.1 Å². The Morgan fingerprint density at radius 1 is 0.968 bits per heavy atom. The first-order valence-electron chi connectivity index (χ1n) is 9.17. The van der Waals surface area contributed by atoms with Gasteiger partial charge >= 0.3 is 0 Å². The van der Waals surface area contributed by atoms with Crippen LogP contribution in [0.2, 0.25) is 0 Å². The number of nitrogens with zero attached hydrogens (tertiary/aromatic N) is 1. The van der Waals surface area contributed by atoms with Crippen LogP contribution in [0.25, 0.3) is 10.6 Å². The zero-order chi connectivity index (χ0) is 21.8. The topological polar surface area (TPSA) is 51.2 Å². The Balaban J connectivity index is 1.45. The number of amides is 1. The van der Waals surface area contributed by atoms with E-state index in [9.17, 15) is 18.0 Å². The molecule has 1 amide bonds. The van der Waals surface area contributed by atoms with Crippen molar-refractivity contribution in [3.8, 4) is 16.3 Å². The number of rotatable bonds is 6. The van der Waals surface area contributed by atoms with Gasteiger partial charge in [-0.1, -0.05) is 12.1 Å². The number of carbonyl (C=O) groups excluding carboxylic acids is 1. The van der Waals surface area contributed by atoms with Crippen LogP contribution in [0.1, 0.15) is 16.1 Å². The van der Waals surface area contributed by atoms with Gasteiger partial charge in [0, 0.05) is 22.2 Å². The Bertz CT molecular complexity index is 1230. The third kappa shape index (κ3) is 5.10. The molecule has 4 aromatic rings. The lowest BCUT2D eigenvalue weighted by Crippen LogP contribution is -2.12. The van der Waals surface area contributed by atoms with Crippen molar-refractivity contribution in [1.82, 2.24) is 4.98 Å². The summed E-state index contributed by atoms with van der Waals surface area (Å²) in [6.45, 7) is -0.129. The molecule has 3 aromatic carbocycles. The van der Waals surface area contributed by atoms with Gasteiger partial charge in [-0.25, -0.2) is 18.2 Å². The number of aromatic nitrogens is 1. The van der Waals surface area contributed by atoms with Gasteiger partial charge in [0.25, 0.3) is 5.91 Å². The van der Waals surface area contributed by atoms with Crippen molar-refractivity contribution >= 4 is 22.9 Å². The largest absolute Gasteiger partial charge is 0.489 e. The molecule has 1 aromatic heterocycles. The van der Waals surface area contributed by atoms with Crippen molar-refractivity contribution in [3.63, 3.8) is 0 Å². The van der Waals surface area contributed by atoms with Crippen molar-refractivity contribution in [2.24, 2.45) is 0 Å². The summed E-state index contributed by atoms with van der Waals surface area (Å²) >= 11 is 1.27. The first-order chi connectivity index (χ1) is 15.0. The van der Waals surface area contributed by atoms with Crippen LogP contribution in [-0.4, -0.2) is 10.9 Å². The van der Waals surface area contributed by atoms with E-state index in [4.69, 9.17) is 4.74 Å². The summed E-state index contributed by atoms with van der Waals surface area (Å²) in [5, 5.41) is 4.86. The van der Waals surface area contributed by atoms with Crippen LogP contribution in [0.5, 0.6) is 5.75 Å². The summed E-state index contributed by atoms with van der Waals surface area (Å²) in [7, 11) is 0. The van der Waals surface area contributed by atoms with Crippen LogP contribution in [0, 0.1) is 17.5 Å². The quantitative estimate of drug-likeness (QED) is 0.397. The van der Waals surface area contributed by atoms with Gasteiger partial charge in [0.15, 0.2) is 0 Å². The van der Waals surface area contributed by atoms with Gasteiger partial charge in [-0.05, 0) is 54.6 Å². The monoisotopic (exact) mass is 440 g/mol. The molecule has 1 N–H and O–H groups in total. The molecule has 0 spiro atoms. The van der Waals surface area contributed by atoms with Crippen LogP contribution in [0.4, 0.5) is 18.9 Å². The highest BCUT2D eigenvalue weighted by molar-refractivity contribution is 7.13. The first-order valence-corrected chi connectivity index (χ1v) is 10.1. The van der Waals surface area contributed by atoms with Gasteiger partial charge in [-0.3, -0.25) is 4.79 Å². The lowest BCUT2D eigenvalue weighted by Gasteiger charge is -2.08. The molecule has 4 rings (SSSR count). The zero-order valence-corrected chi connectivity index (χ0v) is 16.8. The second kappa shape index (κ2) is 9.01. The number of ether oxygens (including phenoxy) is 1. The van der Waals surface area contributed by atoms with Gasteiger partial charge in [-0.2, -0.15) is 0 Å². The maximum Gasteiger partial charge on any atom is 0.275 e. The Morgan fingerprint density at radius 3 is 2.55 bits per heavy atom. The molecule has 0 unspecified atom stereocenters. The Morgan fingerprint density at radius 2 is 1.74 bits per heavy atom. The molecule has 0 aliphatic heterocycles. The minimum atomic E-state index is -0.547. The molecule has 1 heterocycles. The van der Waals surface area contributed by atoms with Crippen molar-refractivity contribution < 1.29 is 22.7 Å². The van der Waals surface area contributed by atoms with Gasteiger partial charge in [-0.15, -0.1) is 11.3 Å². The van der Waals surface area contributed by atoms with E-state index in [1.165, 1.54) is 35.6 Å². The van der Waals surface area contributed by atoms with E-state index in [-0.39, 0.29) is 17.9 Å². The maximum atomic E-state index is 13.8. The average molecular weight is 440 g/mol. The molecule has 0 radical (unpaired) electrons. The highest BCUT2D eigenvalue weighted by Crippen LogP contribution is 2.28. The predicted octanol–water partition coefficient (Wildman–Crippen LogP) is 6.06. The summed E-state index contributed by atoms with van der Waals surface area (Å²) in [5.41, 5.74) is 1.50. The van der Waals surface area contributed by atoms with E-state index >= 15 is 0 Å². The summed E-state index contributed by atoms with van der Waals surface area (Å²) in [6, 6.07) is 15.6. The number of halogens is 3. The third-order valence-electron chi connectivity index (χ3n) is 4.32. The molecule has 31 heavy (non-hydrogen) atoms. The van der Waals surface area contributed by atoms with E-state index < -0.39 is 23.4 Å². The van der Waals surface area contributed by atoms with E-state index in [2.05, 4.69) is 10.3 Å². The third-order valence-corrected chi connectivity index (χ3v) is 5.21. The van der Waals surface area contributed by atoms with Crippen LogP contribution in [0.3, 0.4) is 0 Å². The Labute approximate surface area is 180 Å². The minimum absolute atomic E-state index is 0.111. The molecular formula is C23H15F3N2O2S. The van der Waals surface area contributed by atoms with Crippen LogP contribution in [-0.2, 0) is 6.61 Å². The predicted molar refractivity (Wildman–Crippen MR) is 113 cm³/mol. The number of carbonyl (C=O) groups is 1. The molecule has 0 aliphatic rings. The summed E-state index contributed by atoms with van der Waals surface area (Å²) in [5.74, 6) is -1.44. The number of benzene rings is 3. The maximum absolute atomic E-state index is 13.8. The fourth-order valence-electron chi connectivity index (χ4n) is 2.77. The van der Waals surface area contributed by atoms with Gasteiger partial charge in [0.1, 0.15) is 40.5 Å². The van der Waals surface area contributed by atoms with E-state index in [0.29, 0.717) is 22.0 Å². The summed E-state index contributed by atoms with van der Waals surface area (Å²) in [4.78, 5) is 16.7. The van der Waals surface area contributed by atoms with E-state index in [1.54, 1.807) is 29.6 Å². The molecule has 4 nitrogen and oxygen atoms in total. The lowest BCUT2D eigenvalue weighted by molar-refractivity contribution is 0.102. The van der Waals surface area contributed by atoms with Gasteiger partial charge in [0.2, 0.25) is 0 Å². The molecule has 8 heteroatoms. The van der Waals surface area contributed by atoms with Gasteiger partial charge < -0.3 is 10.1 Å². The SMILES string of the molecule is O=C(Nc1ccc(F)cc1)c1csc(-c2cccc(OCc3cc(F)ccc3F)c2)n1. The second-order valence-corrected chi connectivity index (χ2v) is 7.41. The average Bonchev–Trinajstić information content (AvgIpc) is 3.27. The highest BCUT2D eigenvalue weighted by Gasteiger charge is 2.13. The molecule has 0 saturated heterocycles. The van der Waals surface area contributed by atoms with Crippen LogP contribution in [0.15, 0.2) is 72.1 Å². The molecule has 0 fully saturated rings. The van der Waals surface area contributed by atoms with Gasteiger partial charge in [0.05, 0.1) is 0 Å². The minimum Gasteiger partial charge on any atom is -0.489 e. The fraction of sp³-hybridized carbons (Fsp3) is 0.0435. The number of nitrogens with one attached hydrogen (secondary N) is 1. The Kier molecular flexibility index (Phi) is 5.99. The fourth-order valence-corrected chi connectivity index (χ4v) is 3.57. The van der Waals surface area contributed by atoms with Crippen LogP contribution >= 0.6 is 11.3 Å². The molecule has 0 saturated carbocycles. The summed E-state index contributed by atoms with van der Waals surface area (Å²) in [6.07, 6.45) is 0. The zero-order valence-electron chi connectivity index (χ0n) is 15.9. The standard InChI is InChI=1S/C23H15F3N2O2S/c24-16-4-7-18(8-5-16)27-22(29)21-13-31-23(28-21)14-2-1-3-19(11-14)30-12-15-10-17(25)6-9-20(15)26/h1-11,13H,12H2,(H,27,29). The van der Waals surface area contributed by atoms with Crippen molar-refractivity contribution in [2.75, 3.05) is 5.32 Å². The normalized spacial score (nSPS) is 10.7. The van der Waals surface area contributed by atoms with E-state index in [0.717, 1.165) is 18.2 Å². The number of hydrogen-bond acceptors (Lipinski definition) is 4. The number of anilines is 1. The second-order valence-electron chi connectivity index (χ2n) is 6.55. The molecule has 0 bridgehead atoms. The van der Waals surface area contributed by atoms with Crippen molar-refractivity contribution in [1.29, 1.82) is 0 Å². The van der Waals surface area contributed by atoms with Crippen molar-refractivity contribution in [2.45, 2.75) is 6.61 Å².